The third-order valence-electron chi connectivity index (χ3n) is 6.43. The Balaban J connectivity index is 1.66. The van der Waals surface area contributed by atoms with Crippen LogP contribution in [0.25, 0.3) is 5.76 Å². The summed E-state index contributed by atoms with van der Waals surface area (Å²) < 4.78 is 16.8. The van der Waals surface area contributed by atoms with Gasteiger partial charge in [-0.3, -0.25) is 14.6 Å². The number of benzene rings is 3. The topological polar surface area (TPSA) is 98.2 Å². The number of nitrogens with zero attached hydrogens (tertiary/aromatic N) is 2. The molecule has 0 radical (unpaired) electrons. The molecule has 1 aliphatic heterocycles. The number of methoxy groups -OCH3 is 2. The van der Waals surface area contributed by atoms with Gasteiger partial charge in [-0.25, -0.2) is 0 Å². The molecular weight excluding hydrogens is 496 g/mol. The minimum atomic E-state index is -0.902. The number of ether oxygens (including phenoxy) is 3. The lowest BCUT2D eigenvalue weighted by Crippen LogP contribution is -2.29. The molecule has 0 bridgehead atoms. The lowest BCUT2D eigenvalue weighted by Gasteiger charge is -2.26. The third-order valence-corrected chi connectivity index (χ3v) is 6.43. The molecule has 2 heterocycles. The average Bonchev–Trinajstić information content (AvgIpc) is 3.22. The molecule has 1 amide bonds. The highest BCUT2D eigenvalue weighted by Crippen LogP contribution is 2.43. The van der Waals surface area contributed by atoms with E-state index in [0.29, 0.717) is 28.6 Å². The molecule has 1 atom stereocenters. The summed E-state index contributed by atoms with van der Waals surface area (Å²) in [6, 6.07) is 24.0. The standard InChI is InChI=1S/C31H26N2O6/c1-37-23-13-14-26(38-2)25(17-23)29(34)27-28(33(31(36)30(27)35)19-20-8-7-15-32-18-20)21-9-6-12-24(16-21)39-22-10-4-3-5-11-22/h3-18,28,34H,19H2,1-2H3/b29-27+. The predicted molar refractivity (Wildman–Crippen MR) is 145 cm³/mol. The van der Waals surface area contributed by atoms with Crippen LogP contribution in [0.4, 0.5) is 0 Å². The molecule has 8 nitrogen and oxygen atoms in total. The Hall–Kier alpha value is -5.11. The largest absolute Gasteiger partial charge is 0.507 e. The van der Waals surface area contributed by atoms with E-state index < -0.39 is 17.7 Å². The maximum atomic E-state index is 13.5. The number of aromatic nitrogens is 1. The highest BCUT2D eigenvalue weighted by molar-refractivity contribution is 6.46. The number of Topliss-reactive ketones (excluding diaryl/α,β-unsaturated/α-hetero) is 1. The molecular formula is C31H26N2O6. The van der Waals surface area contributed by atoms with Crippen molar-refractivity contribution in [2.75, 3.05) is 14.2 Å². The molecule has 1 aromatic heterocycles. The van der Waals surface area contributed by atoms with Crippen LogP contribution in [-0.4, -0.2) is 40.9 Å². The van der Waals surface area contributed by atoms with Crippen LogP contribution >= 0.6 is 0 Å². The number of hydrogen-bond acceptors (Lipinski definition) is 7. The lowest BCUT2D eigenvalue weighted by molar-refractivity contribution is -0.140. The number of carbonyl (C=O) groups excluding carboxylic acids is 2. The van der Waals surface area contributed by atoms with Gasteiger partial charge >= 0.3 is 0 Å². The molecule has 1 aliphatic rings. The maximum absolute atomic E-state index is 13.5. The van der Waals surface area contributed by atoms with Crippen molar-refractivity contribution in [2.24, 2.45) is 0 Å². The van der Waals surface area contributed by atoms with Crippen LogP contribution in [0.3, 0.4) is 0 Å². The number of ketones is 1. The van der Waals surface area contributed by atoms with Gasteiger partial charge in [-0.15, -0.1) is 0 Å². The van der Waals surface area contributed by atoms with Gasteiger partial charge in [0, 0.05) is 18.9 Å². The third kappa shape index (κ3) is 5.17. The van der Waals surface area contributed by atoms with Crippen molar-refractivity contribution < 1.29 is 28.9 Å². The summed E-state index contributed by atoms with van der Waals surface area (Å²) in [5.74, 6) is 0.0349. The second kappa shape index (κ2) is 11.1. The molecule has 0 spiro atoms. The normalized spacial score (nSPS) is 16.3. The minimum Gasteiger partial charge on any atom is -0.507 e. The van der Waals surface area contributed by atoms with Crippen LogP contribution in [0.1, 0.15) is 22.7 Å². The molecule has 1 saturated heterocycles. The second-order valence-electron chi connectivity index (χ2n) is 8.84. The van der Waals surface area contributed by atoms with Crippen molar-refractivity contribution >= 4 is 17.4 Å². The number of para-hydroxylation sites is 1. The fourth-order valence-electron chi connectivity index (χ4n) is 4.59. The van der Waals surface area contributed by atoms with Crippen molar-refractivity contribution in [3.63, 3.8) is 0 Å². The number of aliphatic hydroxyl groups excluding tert-OH is 1. The van der Waals surface area contributed by atoms with Crippen LogP contribution < -0.4 is 14.2 Å². The summed E-state index contributed by atoms with van der Waals surface area (Å²) >= 11 is 0. The van der Waals surface area contributed by atoms with Crippen LogP contribution in [-0.2, 0) is 16.1 Å². The molecule has 5 rings (SSSR count). The summed E-state index contributed by atoms with van der Waals surface area (Å²) in [6.45, 7) is 0.110. The number of hydrogen-bond donors (Lipinski definition) is 1. The molecule has 4 aromatic rings. The molecule has 3 aromatic carbocycles. The molecule has 0 saturated carbocycles. The first-order valence-electron chi connectivity index (χ1n) is 12.2. The molecule has 1 fully saturated rings. The van der Waals surface area contributed by atoms with E-state index in [9.17, 15) is 14.7 Å². The average molecular weight is 523 g/mol. The molecule has 0 aliphatic carbocycles. The zero-order valence-corrected chi connectivity index (χ0v) is 21.4. The Morgan fingerprint density at radius 2 is 1.67 bits per heavy atom. The number of amides is 1. The summed E-state index contributed by atoms with van der Waals surface area (Å²) in [5.41, 5.74) is 1.50. The van der Waals surface area contributed by atoms with E-state index in [1.807, 2.05) is 36.4 Å². The smallest absolute Gasteiger partial charge is 0.295 e. The van der Waals surface area contributed by atoms with Crippen molar-refractivity contribution in [1.82, 2.24) is 9.88 Å². The Morgan fingerprint density at radius 3 is 2.38 bits per heavy atom. The highest BCUT2D eigenvalue weighted by Gasteiger charge is 2.46. The predicted octanol–water partition coefficient (Wildman–Crippen LogP) is 5.51. The number of rotatable bonds is 8. The number of aliphatic hydroxyl groups is 1. The van der Waals surface area contributed by atoms with E-state index in [1.165, 1.54) is 19.1 Å². The van der Waals surface area contributed by atoms with Crippen LogP contribution in [0.15, 0.2) is 103 Å². The lowest BCUT2D eigenvalue weighted by atomic mass is 9.94. The summed E-state index contributed by atoms with van der Waals surface area (Å²) in [5, 5.41) is 11.6. The maximum Gasteiger partial charge on any atom is 0.295 e. The van der Waals surface area contributed by atoms with Gasteiger partial charge in [-0.2, -0.15) is 0 Å². The molecule has 8 heteroatoms. The van der Waals surface area contributed by atoms with E-state index in [-0.39, 0.29) is 23.4 Å². The zero-order valence-electron chi connectivity index (χ0n) is 21.4. The van der Waals surface area contributed by atoms with Crippen LogP contribution in [0, 0.1) is 0 Å². The molecule has 196 valence electrons. The Kier molecular flexibility index (Phi) is 7.27. The molecule has 1 unspecified atom stereocenters. The van der Waals surface area contributed by atoms with Crippen molar-refractivity contribution in [1.29, 1.82) is 0 Å². The van der Waals surface area contributed by atoms with Crippen LogP contribution in [0.2, 0.25) is 0 Å². The monoisotopic (exact) mass is 522 g/mol. The summed E-state index contributed by atoms with van der Waals surface area (Å²) in [4.78, 5) is 32.5. The van der Waals surface area contributed by atoms with Crippen molar-refractivity contribution in [2.45, 2.75) is 12.6 Å². The Labute approximate surface area is 225 Å². The minimum absolute atomic E-state index is 0.0627. The van der Waals surface area contributed by atoms with E-state index in [2.05, 4.69) is 4.98 Å². The van der Waals surface area contributed by atoms with Gasteiger partial charge in [-0.05, 0) is 59.7 Å². The van der Waals surface area contributed by atoms with Crippen molar-refractivity contribution in [3.8, 4) is 23.0 Å². The van der Waals surface area contributed by atoms with E-state index in [1.54, 1.807) is 60.9 Å². The number of likely N-dealkylation sites (tertiary alicyclic amines) is 1. The second-order valence-corrected chi connectivity index (χ2v) is 8.84. The van der Waals surface area contributed by atoms with Gasteiger partial charge in [0.25, 0.3) is 11.7 Å². The first-order chi connectivity index (χ1) is 19.0. The van der Waals surface area contributed by atoms with Gasteiger partial charge < -0.3 is 24.2 Å². The zero-order chi connectivity index (χ0) is 27.4. The van der Waals surface area contributed by atoms with E-state index in [4.69, 9.17) is 14.2 Å². The number of pyridine rings is 1. The summed E-state index contributed by atoms with van der Waals surface area (Å²) in [6.07, 6.45) is 3.27. The fourth-order valence-corrected chi connectivity index (χ4v) is 4.59. The fraction of sp³-hybridized carbons (Fsp3) is 0.129. The van der Waals surface area contributed by atoms with Gasteiger partial charge in [0.15, 0.2) is 0 Å². The van der Waals surface area contributed by atoms with E-state index in [0.717, 1.165) is 5.56 Å². The van der Waals surface area contributed by atoms with E-state index >= 15 is 0 Å². The van der Waals surface area contributed by atoms with Gasteiger partial charge in [-0.1, -0.05) is 36.4 Å². The SMILES string of the molecule is COc1ccc(OC)c(/C(O)=C2\C(=O)C(=O)N(Cc3cccnc3)C2c2cccc(Oc3ccccc3)c2)c1. The van der Waals surface area contributed by atoms with Crippen LogP contribution in [0.5, 0.6) is 23.0 Å². The first kappa shape index (κ1) is 25.5. The van der Waals surface area contributed by atoms with Gasteiger partial charge in [0.1, 0.15) is 28.8 Å². The van der Waals surface area contributed by atoms with Crippen molar-refractivity contribution in [3.05, 3.63) is 120 Å². The molecule has 39 heavy (non-hydrogen) atoms. The Morgan fingerprint density at radius 1 is 0.872 bits per heavy atom. The Bertz CT molecular complexity index is 1540. The molecule has 1 N–H and O–H groups in total. The highest BCUT2D eigenvalue weighted by atomic mass is 16.5. The number of carbonyl (C=O) groups is 2. The quantitative estimate of drug-likeness (QED) is 0.185. The van der Waals surface area contributed by atoms with Gasteiger partial charge in [0.2, 0.25) is 0 Å². The summed E-state index contributed by atoms with van der Waals surface area (Å²) in [7, 11) is 2.96. The van der Waals surface area contributed by atoms with Gasteiger partial charge in [0.05, 0.1) is 31.4 Å². The first-order valence-corrected chi connectivity index (χ1v) is 12.2.